The fourth-order valence-corrected chi connectivity index (χ4v) is 2.59. The van der Waals surface area contributed by atoms with Crippen LogP contribution in [0.25, 0.3) is 0 Å². The molecule has 0 aromatic heterocycles. The normalized spacial score (nSPS) is 22.0. The van der Waals surface area contributed by atoms with Gasteiger partial charge in [0.1, 0.15) is 11.6 Å². The molecule has 0 spiro atoms. The van der Waals surface area contributed by atoms with Crippen molar-refractivity contribution in [1.82, 2.24) is 4.90 Å². The number of hydrogen-bond acceptors (Lipinski definition) is 3. The highest BCUT2D eigenvalue weighted by molar-refractivity contribution is 6.05. The summed E-state index contributed by atoms with van der Waals surface area (Å²) in [5.41, 5.74) is 6.58. The molecular formula is C16H23N3O2. The Balaban J connectivity index is 2.12. The predicted octanol–water partition coefficient (Wildman–Crippen LogP) is 2.53. The summed E-state index contributed by atoms with van der Waals surface area (Å²) in [4.78, 5) is 17.7. The van der Waals surface area contributed by atoms with Gasteiger partial charge >= 0.3 is 6.03 Å². The summed E-state index contributed by atoms with van der Waals surface area (Å²) >= 11 is 0. The van der Waals surface area contributed by atoms with Crippen LogP contribution in [0.4, 0.5) is 4.79 Å². The van der Waals surface area contributed by atoms with E-state index in [2.05, 4.69) is 18.8 Å². The van der Waals surface area contributed by atoms with Crippen molar-refractivity contribution in [2.45, 2.75) is 39.2 Å². The van der Waals surface area contributed by atoms with E-state index in [0.29, 0.717) is 24.7 Å². The molecule has 2 amide bonds. The summed E-state index contributed by atoms with van der Waals surface area (Å²) in [6.45, 7) is 6.76. The standard InChI is InChI=1S/C16H23N3O2/c1-11(2)10-19-15(21)18-14(17)16(19,3)9-8-12-4-6-13(20)7-5-12/h4-7,11,20H,8-10H2,1-3H3,(H2,17,18,21). The first-order valence-electron chi connectivity index (χ1n) is 7.27. The number of hydrogen-bond donors (Lipinski definition) is 2. The summed E-state index contributed by atoms with van der Waals surface area (Å²) in [7, 11) is 0. The van der Waals surface area contributed by atoms with Gasteiger partial charge in [-0.3, -0.25) is 0 Å². The van der Waals surface area contributed by atoms with Gasteiger partial charge in [0.25, 0.3) is 0 Å². The first kappa shape index (κ1) is 15.4. The van der Waals surface area contributed by atoms with Crippen LogP contribution in [0.15, 0.2) is 29.3 Å². The highest BCUT2D eigenvalue weighted by Crippen LogP contribution is 2.29. The second-order valence-corrected chi connectivity index (χ2v) is 6.22. The highest BCUT2D eigenvalue weighted by atomic mass is 16.3. The minimum Gasteiger partial charge on any atom is -0.508 e. The lowest BCUT2D eigenvalue weighted by Crippen LogP contribution is -2.53. The topological polar surface area (TPSA) is 78.9 Å². The van der Waals surface area contributed by atoms with Crippen molar-refractivity contribution < 1.29 is 9.90 Å². The number of aromatic hydroxyl groups is 1. The van der Waals surface area contributed by atoms with E-state index in [0.717, 1.165) is 12.0 Å². The number of nitrogens with zero attached hydrogens (tertiary/aromatic N) is 2. The largest absolute Gasteiger partial charge is 0.508 e. The van der Waals surface area contributed by atoms with Gasteiger partial charge in [0, 0.05) is 6.54 Å². The quantitative estimate of drug-likeness (QED) is 0.874. The van der Waals surface area contributed by atoms with E-state index in [1.165, 1.54) is 0 Å². The predicted molar refractivity (Wildman–Crippen MR) is 83.4 cm³/mol. The van der Waals surface area contributed by atoms with Gasteiger partial charge in [-0.2, -0.15) is 4.99 Å². The average Bonchev–Trinajstić information content (AvgIpc) is 2.62. The molecule has 1 unspecified atom stereocenters. The number of aryl methyl sites for hydroxylation is 1. The van der Waals surface area contributed by atoms with Gasteiger partial charge in [-0.05, 0) is 43.4 Å². The third kappa shape index (κ3) is 3.17. The fraction of sp³-hybridized carbons (Fsp3) is 0.500. The molecule has 114 valence electrons. The number of nitrogens with two attached hydrogens (primary N) is 1. The van der Waals surface area contributed by atoms with Crippen molar-refractivity contribution in [2.75, 3.05) is 6.54 Å². The molecule has 5 nitrogen and oxygen atoms in total. The molecule has 1 aromatic carbocycles. The Morgan fingerprint density at radius 1 is 1.33 bits per heavy atom. The molecule has 1 aromatic rings. The van der Waals surface area contributed by atoms with E-state index in [1.54, 1.807) is 17.0 Å². The van der Waals surface area contributed by atoms with Gasteiger partial charge in [0.05, 0.1) is 5.54 Å². The maximum absolute atomic E-state index is 12.0. The van der Waals surface area contributed by atoms with Crippen LogP contribution < -0.4 is 5.73 Å². The van der Waals surface area contributed by atoms with Gasteiger partial charge in [-0.25, -0.2) is 4.79 Å². The van der Waals surface area contributed by atoms with Crippen molar-refractivity contribution in [3.05, 3.63) is 29.8 Å². The Bertz CT molecular complexity index is 551. The Hall–Kier alpha value is -2.04. The average molecular weight is 289 g/mol. The number of rotatable bonds is 5. The maximum Gasteiger partial charge on any atom is 0.346 e. The molecule has 0 bridgehead atoms. The number of carbonyl (C=O) groups excluding carboxylic acids is 1. The molecule has 1 atom stereocenters. The zero-order chi connectivity index (χ0) is 15.6. The third-order valence-corrected chi connectivity index (χ3v) is 3.98. The van der Waals surface area contributed by atoms with E-state index in [9.17, 15) is 9.90 Å². The molecule has 0 aliphatic carbocycles. The molecule has 21 heavy (non-hydrogen) atoms. The zero-order valence-electron chi connectivity index (χ0n) is 12.8. The lowest BCUT2D eigenvalue weighted by Gasteiger charge is -2.36. The molecule has 0 saturated heterocycles. The van der Waals surface area contributed by atoms with Crippen LogP contribution in [0.1, 0.15) is 32.8 Å². The lowest BCUT2D eigenvalue weighted by atomic mass is 9.90. The van der Waals surface area contributed by atoms with Crippen LogP contribution in [0.2, 0.25) is 0 Å². The van der Waals surface area contributed by atoms with Crippen LogP contribution >= 0.6 is 0 Å². The van der Waals surface area contributed by atoms with E-state index < -0.39 is 5.54 Å². The minimum absolute atomic E-state index is 0.241. The van der Waals surface area contributed by atoms with Crippen molar-refractivity contribution in [1.29, 1.82) is 0 Å². The highest BCUT2D eigenvalue weighted by Gasteiger charge is 2.44. The maximum atomic E-state index is 12.0. The van der Waals surface area contributed by atoms with E-state index in [1.807, 2.05) is 19.1 Å². The summed E-state index contributed by atoms with van der Waals surface area (Å²) in [5, 5.41) is 9.31. The Morgan fingerprint density at radius 2 is 1.95 bits per heavy atom. The Labute approximate surface area is 125 Å². The number of urea groups is 1. The van der Waals surface area contributed by atoms with Crippen molar-refractivity contribution in [3.63, 3.8) is 0 Å². The zero-order valence-corrected chi connectivity index (χ0v) is 12.8. The molecule has 0 radical (unpaired) electrons. The van der Waals surface area contributed by atoms with Gasteiger partial charge in [0.2, 0.25) is 0 Å². The van der Waals surface area contributed by atoms with E-state index >= 15 is 0 Å². The molecule has 2 rings (SSSR count). The van der Waals surface area contributed by atoms with Crippen LogP contribution in [-0.2, 0) is 6.42 Å². The molecular weight excluding hydrogens is 266 g/mol. The van der Waals surface area contributed by atoms with Crippen LogP contribution in [0, 0.1) is 5.92 Å². The number of amidine groups is 1. The second kappa shape index (κ2) is 5.76. The SMILES string of the molecule is CC(C)CN1C(=O)N=C(N)C1(C)CCc1ccc(O)cc1. The monoisotopic (exact) mass is 289 g/mol. The first-order chi connectivity index (χ1) is 9.83. The van der Waals surface area contributed by atoms with Crippen molar-refractivity contribution in [2.24, 2.45) is 16.6 Å². The summed E-state index contributed by atoms with van der Waals surface area (Å²) in [5.74, 6) is 1.01. The number of carbonyl (C=O) groups is 1. The molecule has 0 saturated carbocycles. The molecule has 0 fully saturated rings. The van der Waals surface area contributed by atoms with Crippen molar-refractivity contribution >= 4 is 11.9 Å². The minimum atomic E-state index is -0.529. The molecule has 3 N–H and O–H groups in total. The second-order valence-electron chi connectivity index (χ2n) is 6.22. The van der Waals surface area contributed by atoms with Gasteiger partial charge in [0.15, 0.2) is 0 Å². The lowest BCUT2D eigenvalue weighted by molar-refractivity contribution is 0.163. The number of phenols is 1. The number of phenolic OH excluding ortho intramolecular Hbond substituents is 1. The van der Waals surface area contributed by atoms with Crippen molar-refractivity contribution in [3.8, 4) is 5.75 Å². The molecule has 1 aliphatic heterocycles. The van der Waals surface area contributed by atoms with Crippen LogP contribution in [0.3, 0.4) is 0 Å². The number of benzene rings is 1. The van der Waals surface area contributed by atoms with E-state index in [4.69, 9.17) is 5.73 Å². The molecule has 5 heteroatoms. The fourth-order valence-electron chi connectivity index (χ4n) is 2.59. The van der Waals surface area contributed by atoms with E-state index in [-0.39, 0.29) is 11.8 Å². The smallest absolute Gasteiger partial charge is 0.346 e. The number of aliphatic imine (C=N–C) groups is 1. The van der Waals surface area contributed by atoms with Crippen LogP contribution in [-0.4, -0.2) is 34.0 Å². The van der Waals surface area contributed by atoms with Gasteiger partial charge in [-0.15, -0.1) is 0 Å². The molecule has 1 aliphatic rings. The van der Waals surface area contributed by atoms with Gasteiger partial charge in [-0.1, -0.05) is 26.0 Å². The van der Waals surface area contributed by atoms with Gasteiger partial charge < -0.3 is 15.7 Å². The summed E-state index contributed by atoms with van der Waals surface area (Å²) in [6, 6.07) is 6.86. The Morgan fingerprint density at radius 3 is 2.52 bits per heavy atom. The summed E-state index contributed by atoms with van der Waals surface area (Å²) in [6.07, 6.45) is 1.49. The first-order valence-corrected chi connectivity index (χ1v) is 7.27. The number of amides is 2. The molecule has 1 heterocycles. The third-order valence-electron chi connectivity index (χ3n) is 3.98. The summed E-state index contributed by atoms with van der Waals surface area (Å²) < 4.78 is 0. The van der Waals surface area contributed by atoms with Crippen LogP contribution in [0.5, 0.6) is 5.75 Å². The Kier molecular flexibility index (Phi) is 4.21.